The fraction of sp³-hybridized carbons (Fsp3) is 0.208. The van der Waals surface area contributed by atoms with Crippen LogP contribution in [0.15, 0.2) is 78.4 Å². The monoisotopic (exact) mass is 389 g/mol. The van der Waals surface area contributed by atoms with E-state index in [0.29, 0.717) is 34.5 Å². The summed E-state index contributed by atoms with van der Waals surface area (Å²) in [5.41, 5.74) is 2.33. The van der Waals surface area contributed by atoms with E-state index >= 15 is 0 Å². The lowest BCUT2D eigenvalue weighted by Crippen LogP contribution is -2.15. The maximum atomic E-state index is 12.8. The third-order valence-electron chi connectivity index (χ3n) is 4.34. The number of pyridine rings is 2. The van der Waals surface area contributed by atoms with Crippen molar-refractivity contribution in [2.24, 2.45) is 0 Å². The van der Waals surface area contributed by atoms with Crippen LogP contribution in [0.3, 0.4) is 0 Å². The first kappa shape index (κ1) is 21.8. The third kappa shape index (κ3) is 4.88. The number of allylic oxidation sites excluding steroid dienone is 7. The van der Waals surface area contributed by atoms with Crippen molar-refractivity contribution in [1.29, 1.82) is 0 Å². The molecule has 0 aliphatic heterocycles. The molecule has 0 saturated heterocycles. The molecule has 0 spiro atoms. The van der Waals surface area contributed by atoms with E-state index in [-0.39, 0.29) is 11.2 Å². The molecular formula is C24H27N3O2. The molecule has 2 rings (SSSR count). The number of carbonyl (C=O) groups is 1. The summed E-state index contributed by atoms with van der Waals surface area (Å²) in [7, 11) is 0. The van der Waals surface area contributed by atoms with Crippen LogP contribution in [0.25, 0.3) is 16.6 Å². The van der Waals surface area contributed by atoms with Crippen molar-refractivity contribution in [2.75, 3.05) is 5.32 Å². The molecule has 5 heteroatoms. The normalized spacial score (nSPS) is 12.4. The number of fused-ring (bicyclic) bond motifs is 1. The largest absolute Gasteiger partial charge is 0.341 e. The van der Waals surface area contributed by atoms with Crippen molar-refractivity contribution in [3.63, 3.8) is 0 Å². The van der Waals surface area contributed by atoms with Gasteiger partial charge in [-0.2, -0.15) is 0 Å². The predicted molar refractivity (Wildman–Crippen MR) is 122 cm³/mol. The number of hydrogen-bond donors (Lipinski definition) is 1. The molecule has 0 unspecified atom stereocenters. The topological polar surface area (TPSA) is 64.0 Å². The highest BCUT2D eigenvalue weighted by Gasteiger charge is 2.15. The minimum absolute atomic E-state index is 0.0434. The Hall–Kier alpha value is -3.47. The van der Waals surface area contributed by atoms with Gasteiger partial charge in [-0.25, -0.2) is 0 Å². The summed E-state index contributed by atoms with van der Waals surface area (Å²) >= 11 is 0. The van der Waals surface area contributed by atoms with Gasteiger partial charge in [0.25, 0.3) is 0 Å². The lowest BCUT2D eigenvalue weighted by Gasteiger charge is -2.19. The van der Waals surface area contributed by atoms with E-state index in [1.54, 1.807) is 24.3 Å². The summed E-state index contributed by atoms with van der Waals surface area (Å²) in [6.07, 6.45) is 13.5. The molecule has 0 aliphatic rings. The molecule has 2 aromatic heterocycles. The summed E-state index contributed by atoms with van der Waals surface area (Å²) < 4.78 is 1.90. The number of nitrogens with zero attached hydrogens (tertiary/aromatic N) is 2. The zero-order valence-corrected chi connectivity index (χ0v) is 17.2. The van der Waals surface area contributed by atoms with Crippen molar-refractivity contribution in [2.45, 2.75) is 33.6 Å². The first-order valence-electron chi connectivity index (χ1n) is 9.61. The van der Waals surface area contributed by atoms with E-state index in [1.165, 1.54) is 12.3 Å². The molecule has 0 aromatic carbocycles. The number of hydrogen-bond acceptors (Lipinski definition) is 4. The second-order valence-electron chi connectivity index (χ2n) is 6.39. The van der Waals surface area contributed by atoms with Gasteiger partial charge < -0.3 is 5.32 Å². The minimum atomic E-state index is -0.182. The van der Waals surface area contributed by atoms with Crippen molar-refractivity contribution < 1.29 is 4.79 Å². The molecule has 1 N–H and O–H groups in total. The van der Waals surface area contributed by atoms with Gasteiger partial charge in [0.15, 0.2) is 11.2 Å². The Morgan fingerprint density at radius 2 is 2.03 bits per heavy atom. The van der Waals surface area contributed by atoms with Crippen LogP contribution < -0.4 is 10.7 Å². The van der Waals surface area contributed by atoms with Gasteiger partial charge in [-0.05, 0) is 44.6 Å². The van der Waals surface area contributed by atoms with Gasteiger partial charge in [0.2, 0.25) is 0 Å². The number of anilines is 1. The van der Waals surface area contributed by atoms with E-state index in [2.05, 4.69) is 23.5 Å². The van der Waals surface area contributed by atoms with Gasteiger partial charge in [-0.15, -0.1) is 0 Å². The molecule has 2 heterocycles. The highest BCUT2D eigenvalue weighted by molar-refractivity contribution is 5.98. The molecule has 29 heavy (non-hydrogen) atoms. The first-order valence-corrected chi connectivity index (χ1v) is 9.61. The Bertz CT molecular complexity index is 1090. The van der Waals surface area contributed by atoms with E-state index in [9.17, 15) is 9.59 Å². The maximum Gasteiger partial charge on any atom is 0.193 e. The van der Waals surface area contributed by atoms with Crippen molar-refractivity contribution in [1.82, 2.24) is 9.55 Å². The van der Waals surface area contributed by atoms with Crippen LogP contribution in [0.2, 0.25) is 0 Å². The summed E-state index contributed by atoms with van der Waals surface area (Å²) in [4.78, 5) is 29.4. The van der Waals surface area contributed by atoms with Crippen LogP contribution in [-0.4, -0.2) is 15.3 Å². The van der Waals surface area contributed by atoms with E-state index < -0.39 is 0 Å². The summed E-state index contributed by atoms with van der Waals surface area (Å²) in [5.74, 6) is 0.514. The average molecular weight is 389 g/mol. The summed E-state index contributed by atoms with van der Waals surface area (Å²) in [6.45, 7) is 13.3. The average Bonchev–Trinajstić information content (AvgIpc) is 2.72. The molecule has 0 bridgehead atoms. The van der Waals surface area contributed by atoms with Gasteiger partial charge in [0, 0.05) is 30.1 Å². The van der Waals surface area contributed by atoms with Crippen molar-refractivity contribution in [3.05, 3.63) is 89.6 Å². The number of ketones is 1. The third-order valence-corrected chi connectivity index (χ3v) is 4.34. The Morgan fingerprint density at radius 1 is 1.28 bits per heavy atom. The molecule has 0 atom stereocenters. The van der Waals surface area contributed by atoms with Crippen LogP contribution in [-0.2, 0) is 0 Å². The zero-order chi connectivity index (χ0) is 21.4. The lowest BCUT2D eigenvalue weighted by molar-refractivity contribution is 0.0977. The van der Waals surface area contributed by atoms with Gasteiger partial charge in [0.1, 0.15) is 11.5 Å². The number of Topliss-reactive ketones (excluding diaryl/α,β-unsaturated/α-hetero) is 1. The fourth-order valence-corrected chi connectivity index (χ4v) is 3.00. The number of aromatic nitrogens is 2. The van der Waals surface area contributed by atoms with Gasteiger partial charge in [-0.1, -0.05) is 38.3 Å². The highest BCUT2D eigenvalue weighted by Crippen LogP contribution is 2.24. The molecule has 0 saturated carbocycles. The smallest absolute Gasteiger partial charge is 0.193 e. The first-order chi connectivity index (χ1) is 14.0. The van der Waals surface area contributed by atoms with E-state index in [4.69, 9.17) is 0 Å². The Morgan fingerprint density at radius 3 is 2.62 bits per heavy atom. The summed E-state index contributed by atoms with van der Waals surface area (Å²) in [6, 6.07) is 3.21. The molecule has 0 amide bonds. The Labute approximate surface area is 171 Å². The van der Waals surface area contributed by atoms with Crippen LogP contribution in [0, 0.1) is 0 Å². The lowest BCUT2D eigenvalue weighted by atomic mass is 10.1. The second kappa shape index (κ2) is 10.2. The molecule has 0 fully saturated rings. The number of rotatable bonds is 9. The minimum Gasteiger partial charge on any atom is -0.341 e. The molecule has 0 radical (unpaired) electrons. The highest BCUT2D eigenvalue weighted by atomic mass is 16.1. The molecule has 150 valence electrons. The van der Waals surface area contributed by atoms with Crippen LogP contribution in [0.4, 0.5) is 5.82 Å². The van der Waals surface area contributed by atoms with Gasteiger partial charge >= 0.3 is 0 Å². The maximum absolute atomic E-state index is 12.8. The molecule has 2 aromatic rings. The number of carbonyl (C=O) groups excluding carboxylic acids is 1. The standard InChI is InChI=1S/C24H27N3O2/c1-6-11-17(9-4)26-24-15-23(29)19-16-25-20(22(28)13-8-3)14-21(19)27(24)18(10-5)12-7-2/h6-7,9-12,14-16,26H,1,4,8,13H2,2-3,5H3/b12-7-,17-11+,18-10+. The van der Waals surface area contributed by atoms with Gasteiger partial charge in [-0.3, -0.25) is 19.1 Å². The molecule has 0 aliphatic carbocycles. The number of nitrogens with one attached hydrogen (secondary N) is 1. The quantitative estimate of drug-likeness (QED) is 0.455. The Kier molecular flexibility index (Phi) is 7.66. The fourth-order valence-electron chi connectivity index (χ4n) is 3.00. The SMILES string of the molecule is C=C/C=C(\C=C)Nc1cc(=O)c2cnc(C(=O)CCC)cc2n1C(/C=C\C)=C/C. The van der Waals surface area contributed by atoms with Crippen LogP contribution in [0.5, 0.6) is 0 Å². The van der Waals surface area contributed by atoms with E-state index in [0.717, 1.165) is 12.1 Å². The zero-order valence-electron chi connectivity index (χ0n) is 17.2. The second-order valence-corrected chi connectivity index (χ2v) is 6.39. The predicted octanol–water partition coefficient (Wildman–Crippen LogP) is 5.48. The van der Waals surface area contributed by atoms with Crippen LogP contribution in [0.1, 0.15) is 44.1 Å². The van der Waals surface area contributed by atoms with Gasteiger partial charge in [0.05, 0.1) is 10.9 Å². The van der Waals surface area contributed by atoms with Crippen molar-refractivity contribution >= 4 is 28.2 Å². The van der Waals surface area contributed by atoms with Crippen molar-refractivity contribution in [3.8, 4) is 0 Å². The Balaban J connectivity index is 2.89. The van der Waals surface area contributed by atoms with Crippen LogP contribution >= 0.6 is 0 Å². The molecular weight excluding hydrogens is 362 g/mol. The summed E-state index contributed by atoms with van der Waals surface area (Å²) in [5, 5.41) is 3.68. The van der Waals surface area contributed by atoms with E-state index in [1.807, 2.05) is 43.6 Å². The molecule has 5 nitrogen and oxygen atoms in total.